The normalized spacial score (nSPS) is 21.7. The molecule has 0 bridgehead atoms. The number of hydrogen-bond acceptors (Lipinski definition) is 6. The van der Waals surface area contributed by atoms with Crippen molar-refractivity contribution in [2.45, 2.75) is 38.9 Å². The molecule has 0 aromatic heterocycles. The van der Waals surface area contributed by atoms with E-state index in [2.05, 4.69) is 36.3 Å². The van der Waals surface area contributed by atoms with Crippen molar-refractivity contribution < 1.29 is 19.4 Å². The largest absolute Gasteiger partial charge is 0.508 e. The van der Waals surface area contributed by atoms with E-state index in [1.165, 1.54) is 0 Å². The van der Waals surface area contributed by atoms with Crippen molar-refractivity contribution in [2.24, 2.45) is 0 Å². The molecule has 2 fully saturated rings. The number of phenolic OH excluding ortho intramolecular Hbond substituents is 1. The van der Waals surface area contributed by atoms with Crippen LogP contribution in [0, 0.1) is 0 Å². The summed E-state index contributed by atoms with van der Waals surface area (Å²) in [5.74, 6) is 0.187. The zero-order valence-corrected chi connectivity index (χ0v) is 22.8. The van der Waals surface area contributed by atoms with E-state index in [0.29, 0.717) is 44.4 Å². The summed E-state index contributed by atoms with van der Waals surface area (Å²) >= 11 is 0. The van der Waals surface area contributed by atoms with Crippen molar-refractivity contribution in [3.8, 4) is 5.75 Å². The second-order valence-electron chi connectivity index (χ2n) is 10.2. The lowest BCUT2D eigenvalue weighted by Gasteiger charge is -2.47. The number of rotatable bonds is 7. The van der Waals surface area contributed by atoms with Crippen LogP contribution in [0.15, 0.2) is 61.2 Å². The monoisotopic (exact) mass is 520 g/mol. The van der Waals surface area contributed by atoms with Crippen molar-refractivity contribution in [1.29, 1.82) is 0 Å². The van der Waals surface area contributed by atoms with Gasteiger partial charge in [0.25, 0.3) is 5.91 Å². The Bertz CT molecular complexity index is 1130. The minimum absolute atomic E-state index is 0.0396. The third kappa shape index (κ3) is 6.19. The van der Waals surface area contributed by atoms with Gasteiger partial charge in [0.1, 0.15) is 5.75 Å². The first-order chi connectivity index (χ1) is 18.3. The molecule has 1 N–H and O–H groups in total. The van der Waals surface area contributed by atoms with Crippen LogP contribution in [0.3, 0.4) is 0 Å². The van der Waals surface area contributed by atoms with Gasteiger partial charge >= 0.3 is 6.09 Å². The summed E-state index contributed by atoms with van der Waals surface area (Å²) in [7, 11) is 0. The maximum Gasteiger partial charge on any atom is 0.409 e. The predicted molar refractivity (Wildman–Crippen MR) is 148 cm³/mol. The number of piperazine rings is 2. The van der Waals surface area contributed by atoms with Crippen LogP contribution >= 0.6 is 0 Å². The third-order valence-corrected chi connectivity index (χ3v) is 7.59. The molecular weight excluding hydrogens is 480 g/mol. The molecule has 0 radical (unpaired) electrons. The first-order valence-electron chi connectivity index (χ1n) is 13.5. The van der Waals surface area contributed by atoms with E-state index >= 15 is 0 Å². The van der Waals surface area contributed by atoms with Crippen LogP contribution in [0.2, 0.25) is 0 Å². The standard InChI is InChI=1S/C30H40N4O4/c1-5-13-33-20-23(4)34(21-22(33)3)28(25-10-8-12-27(35)19-25)24-9-7-11-26(18-24)29(36)31-14-16-32(17-15-31)30(37)38-6-2/h5,7-12,18-19,22-23,28,35H,1,6,13-17,20-21H2,2-4H3/t22-,23+,28-/m1/s1. The van der Waals surface area contributed by atoms with Crippen LogP contribution in [0.1, 0.15) is 48.3 Å². The zero-order chi connectivity index (χ0) is 27.2. The summed E-state index contributed by atoms with van der Waals surface area (Å²) in [6, 6.07) is 15.8. The number of amides is 2. The van der Waals surface area contributed by atoms with E-state index in [1.54, 1.807) is 22.8 Å². The van der Waals surface area contributed by atoms with E-state index in [9.17, 15) is 14.7 Å². The molecular formula is C30H40N4O4. The second-order valence-corrected chi connectivity index (χ2v) is 10.2. The summed E-state index contributed by atoms with van der Waals surface area (Å²) in [6.45, 7) is 15.0. The highest BCUT2D eigenvalue weighted by Gasteiger charge is 2.35. The number of phenols is 1. The first-order valence-corrected chi connectivity index (χ1v) is 13.5. The van der Waals surface area contributed by atoms with E-state index in [0.717, 1.165) is 30.8 Å². The Morgan fingerprint density at radius 2 is 1.66 bits per heavy atom. The molecule has 2 aromatic carbocycles. The lowest BCUT2D eigenvalue weighted by molar-refractivity contribution is 0.0306. The molecule has 2 saturated heterocycles. The maximum atomic E-state index is 13.5. The average Bonchev–Trinajstić information content (AvgIpc) is 2.92. The quantitative estimate of drug-likeness (QED) is 0.557. The third-order valence-electron chi connectivity index (χ3n) is 7.59. The molecule has 3 atom stereocenters. The topological polar surface area (TPSA) is 76.6 Å². The summed E-state index contributed by atoms with van der Waals surface area (Å²) < 4.78 is 5.10. The Balaban J connectivity index is 1.59. The predicted octanol–water partition coefficient (Wildman–Crippen LogP) is 3.98. The molecule has 204 valence electrons. The fourth-order valence-electron chi connectivity index (χ4n) is 5.61. The summed E-state index contributed by atoms with van der Waals surface area (Å²) in [5, 5.41) is 10.3. The lowest BCUT2D eigenvalue weighted by atomic mass is 9.92. The number of carbonyl (C=O) groups is 2. The van der Waals surface area contributed by atoms with Crippen molar-refractivity contribution in [2.75, 3.05) is 52.4 Å². The molecule has 8 nitrogen and oxygen atoms in total. The van der Waals surface area contributed by atoms with E-state index in [4.69, 9.17) is 4.74 Å². The van der Waals surface area contributed by atoms with Crippen LogP contribution < -0.4 is 0 Å². The van der Waals surface area contributed by atoms with Gasteiger partial charge in [0.2, 0.25) is 0 Å². The molecule has 0 saturated carbocycles. The zero-order valence-electron chi connectivity index (χ0n) is 22.8. The number of aromatic hydroxyl groups is 1. The molecule has 2 aliphatic rings. The smallest absolute Gasteiger partial charge is 0.409 e. The molecule has 2 amide bonds. The van der Waals surface area contributed by atoms with Crippen LogP contribution in [0.25, 0.3) is 0 Å². The average molecular weight is 521 g/mol. The van der Waals surface area contributed by atoms with Crippen molar-refractivity contribution >= 4 is 12.0 Å². The molecule has 4 rings (SSSR count). The molecule has 0 spiro atoms. The van der Waals surface area contributed by atoms with Gasteiger partial charge in [0.05, 0.1) is 12.6 Å². The Kier molecular flexibility index (Phi) is 9.07. The summed E-state index contributed by atoms with van der Waals surface area (Å²) in [4.78, 5) is 33.9. The highest BCUT2D eigenvalue weighted by atomic mass is 16.6. The maximum absolute atomic E-state index is 13.5. The minimum Gasteiger partial charge on any atom is -0.508 e. The van der Waals surface area contributed by atoms with Crippen LogP contribution in [0.5, 0.6) is 5.75 Å². The van der Waals surface area contributed by atoms with Gasteiger partial charge in [-0.05, 0) is 56.2 Å². The fourth-order valence-corrected chi connectivity index (χ4v) is 5.61. The van der Waals surface area contributed by atoms with Gasteiger partial charge in [-0.1, -0.05) is 30.3 Å². The van der Waals surface area contributed by atoms with Crippen LogP contribution in [-0.2, 0) is 4.74 Å². The Labute approximate surface area is 226 Å². The van der Waals surface area contributed by atoms with Gasteiger partial charge in [-0.25, -0.2) is 4.79 Å². The molecule has 0 aliphatic carbocycles. The molecule has 0 unspecified atom stereocenters. The lowest BCUT2D eigenvalue weighted by Crippen LogP contribution is -2.57. The van der Waals surface area contributed by atoms with Gasteiger partial charge in [-0.15, -0.1) is 6.58 Å². The number of nitrogens with zero attached hydrogens (tertiary/aromatic N) is 4. The van der Waals surface area contributed by atoms with Crippen LogP contribution in [-0.4, -0.2) is 101 Å². The van der Waals surface area contributed by atoms with Gasteiger partial charge in [-0.3, -0.25) is 14.6 Å². The van der Waals surface area contributed by atoms with E-state index < -0.39 is 0 Å². The van der Waals surface area contributed by atoms with Gasteiger partial charge in [-0.2, -0.15) is 0 Å². The highest BCUT2D eigenvalue weighted by Crippen LogP contribution is 2.35. The molecule has 2 heterocycles. The first kappa shape index (κ1) is 27.7. The molecule has 2 aromatic rings. The molecule has 2 aliphatic heterocycles. The fraction of sp³-hybridized carbons (Fsp3) is 0.467. The number of ether oxygens (including phenoxy) is 1. The van der Waals surface area contributed by atoms with Crippen molar-refractivity contribution in [3.05, 3.63) is 77.9 Å². The van der Waals surface area contributed by atoms with E-state index in [1.807, 2.05) is 42.5 Å². The second kappa shape index (κ2) is 12.5. The number of benzene rings is 2. The Hall–Kier alpha value is -3.36. The highest BCUT2D eigenvalue weighted by molar-refractivity contribution is 5.94. The summed E-state index contributed by atoms with van der Waals surface area (Å²) in [6.07, 6.45) is 1.62. The molecule has 38 heavy (non-hydrogen) atoms. The SMILES string of the molecule is C=CCN1C[C@H](C)N([C@@H](c2cccc(O)c2)c2cccc(C(=O)N3CCN(C(=O)OCC)CC3)c2)C[C@H]1C. The summed E-state index contributed by atoms with van der Waals surface area (Å²) in [5.41, 5.74) is 2.64. The van der Waals surface area contributed by atoms with Crippen molar-refractivity contribution in [3.63, 3.8) is 0 Å². The molecule has 8 heteroatoms. The minimum atomic E-state index is -0.327. The number of hydrogen-bond donors (Lipinski definition) is 1. The van der Waals surface area contributed by atoms with Gasteiger partial charge in [0, 0.05) is 63.5 Å². The van der Waals surface area contributed by atoms with Gasteiger partial charge < -0.3 is 19.6 Å². The Morgan fingerprint density at radius 3 is 2.32 bits per heavy atom. The van der Waals surface area contributed by atoms with Crippen LogP contribution in [0.4, 0.5) is 4.79 Å². The number of carbonyl (C=O) groups excluding carboxylic acids is 2. The van der Waals surface area contributed by atoms with Crippen molar-refractivity contribution in [1.82, 2.24) is 19.6 Å². The van der Waals surface area contributed by atoms with Gasteiger partial charge in [0.15, 0.2) is 0 Å². The Morgan fingerprint density at radius 1 is 1.00 bits per heavy atom. The van der Waals surface area contributed by atoms with E-state index in [-0.39, 0.29) is 29.8 Å².